The SMILES string of the molecule is Cn1ncc2ccc(Oc3cc(Cl)nc(NC(=O)OC(C)(C)C)c3)cc21. The Morgan fingerprint density at radius 1 is 1.19 bits per heavy atom. The average molecular weight is 375 g/mol. The molecule has 0 fully saturated rings. The number of carbonyl (C=O) groups is 1. The van der Waals surface area contributed by atoms with Gasteiger partial charge >= 0.3 is 6.09 Å². The molecule has 1 amide bonds. The molecule has 0 bridgehead atoms. The number of rotatable bonds is 3. The minimum atomic E-state index is -0.616. The molecular formula is C18H19ClN4O3. The Bertz CT molecular complexity index is 963. The topological polar surface area (TPSA) is 78.3 Å². The highest BCUT2D eigenvalue weighted by Gasteiger charge is 2.17. The van der Waals surface area contributed by atoms with E-state index in [-0.39, 0.29) is 11.0 Å². The number of aryl methyl sites for hydroxylation is 1. The van der Waals surface area contributed by atoms with Crippen LogP contribution < -0.4 is 10.1 Å². The number of amides is 1. The van der Waals surface area contributed by atoms with Crippen molar-refractivity contribution in [3.8, 4) is 11.5 Å². The van der Waals surface area contributed by atoms with Crippen LogP contribution in [0.4, 0.5) is 10.6 Å². The maximum Gasteiger partial charge on any atom is 0.413 e. The molecule has 26 heavy (non-hydrogen) atoms. The van der Waals surface area contributed by atoms with Crippen LogP contribution in [0, 0.1) is 0 Å². The summed E-state index contributed by atoms with van der Waals surface area (Å²) >= 11 is 6.04. The van der Waals surface area contributed by atoms with Gasteiger partial charge in [-0.25, -0.2) is 9.78 Å². The van der Waals surface area contributed by atoms with E-state index < -0.39 is 11.7 Å². The normalized spacial score (nSPS) is 11.4. The van der Waals surface area contributed by atoms with Gasteiger partial charge in [-0.3, -0.25) is 10.00 Å². The van der Waals surface area contributed by atoms with Crippen molar-refractivity contribution in [1.29, 1.82) is 0 Å². The minimum Gasteiger partial charge on any atom is -0.457 e. The third-order valence-electron chi connectivity index (χ3n) is 3.35. The van der Waals surface area contributed by atoms with E-state index in [0.29, 0.717) is 11.5 Å². The van der Waals surface area contributed by atoms with E-state index >= 15 is 0 Å². The van der Waals surface area contributed by atoms with Crippen molar-refractivity contribution in [1.82, 2.24) is 14.8 Å². The predicted octanol–water partition coefficient (Wildman–Crippen LogP) is 4.76. The number of carbonyl (C=O) groups excluding carboxylic acids is 1. The molecule has 0 aliphatic heterocycles. The van der Waals surface area contributed by atoms with E-state index in [1.165, 1.54) is 0 Å². The van der Waals surface area contributed by atoms with E-state index in [4.69, 9.17) is 21.1 Å². The molecule has 7 nitrogen and oxygen atoms in total. The molecule has 0 atom stereocenters. The number of nitrogens with zero attached hydrogens (tertiary/aromatic N) is 3. The van der Waals surface area contributed by atoms with Gasteiger partial charge in [0, 0.05) is 30.6 Å². The third-order valence-corrected chi connectivity index (χ3v) is 3.55. The number of fused-ring (bicyclic) bond motifs is 1. The average Bonchev–Trinajstić information content (AvgIpc) is 2.85. The van der Waals surface area contributed by atoms with Gasteiger partial charge in [-0.05, 0) is 32.9 Å². The van der Waals surface area contributed by atoms with E-state index in [1.807, 2.05) is 25.2 Å². The van der Waals surface area contributed by atoms with Crippen molar-refractivity contribution in [3.63, 3.8) is 0 Å². The molecule has 0 spiro atoms. The molecule has 0 saturated heterocycles. The molecule has 0 saturated carbocycles. The smallest absolute Gasteiger partial charge is 0.413 e. The standard InChI is InChI=1S/C18H19ClN4O3/c1-18(2,3)26-17(24)22-16-9-13(8-15(19)21-16)25-12-6-5-11-10-20-23(4)14(11)7-12/h5-10H,1-4H3,(H,21,22,24). The molecule has 1 aromatic carbocycles. The predicted molar refractivity (Wildman–Crippen MR) is 99.9 cm³/mol. The Kier molecular flexibility index (Phi) is 4.73. The first-order valence-corrected chi connectivity index (χ1v) is 8.35. The highest BCUT2D eigenvalue weighted by atomic mass is 35.5. The van der Waals surface area contributed by atoms with Crippen LogP contribution in [0.25, 0.3) is 10.9 Å². The van der Waals surface area contributed by atoms with Crippen LogP contribution in [0.5, 0.6) is 11.5 Å². The number of hydrogen-bond acceptors (Lipinski definition) is 5. The second-order valence-electron chi connectivity index (χ2n) is 6.73. The number of hydrogen-bond donors (Lipinski definition) is 1. The Balaban J connectivity index is 1.80. The third kappa shape index (κ3) is 4.43. The molecule has 0 unspecified atom stereocenters. The van der Waals surface area contributed by atoms with Crippen LogP contribution in [0.1, 0.15) is 20.8 Å². The van der Waals surface area contributed by atoms with Gasteiger partial charge < -0.3 is 9.47 Å². The number of ether oxygens (including phenoxy) is 2. The fourth-order valence-electron chi connectivity index (χ4n) is 2.33. The maximum absolute atomic E-state index is 11.9. The van der Waals surface area contributed by atoms with E-state index in [0.717, 1.165) is 10.9 Å². The summed E-state index contributed by atoms with van der Waals surface area (Å²) in [5.74, 6) is 1.30. The Hall–Kier alpha value is -2.80. The molecule has 0 aliphatic carbocycles. The highest BCUT2D eigenvalue weighted by molar-refractivity contribution is 6.29. The molecule has 0 aliphatic rings. The lowest BCUT2D eigenvalue weighted by molar-refractivity contribution is 0.0635. The molecular weight excluding hydrogens is 356 g/mol. The summed E-state index contributed by atoms with van der Waals surface area (Å²) < 4.78 is 12.8. The minimum absolute atomic E-state index is 0.190. The zero-order chi connectivity index (χ0) is 18.9. The van der Waals surface area contributed by atoms with E-state index in [9.17, 15) is 4.79 Å². The summed E-state index contributed by atoms with van der Waals surface area (Å²) in [6.07, 6.45) is 1.17. The van der Waals surface area contributed by atoms with Gasteiger partial charge in [0.25, 0.3) is 0 Å². The van der Waals surface area contributed by atoms with Gasteiger partial charge in [-0.15, -0.1) is 0 Å². The largest absolute Gasteiger partial charge is 0.457 e. The summed E-state index contributed by atoms with van der Waals surface area (Å²) in [5.41, 5.74) is 0.329. The summed E-state index contributed by atoms with van der Waals surface area (Å²) in [5, 5.41) is 7.96. The number of anilines is 1. The van der Waals surface area contributed by atoms with Gasteiger partial charge in [0.1, 0.15) is 28.1 Å². The molecule has 136 valence electrons. The van der Waals surface area contributed by atoms with E-state index in [2.05, 4.69) is 15.4 Å². The van der Waals surface area contributed by atoms with Crippen molar-refractivity contribution in [2.45, 2.75) is 26.4 Å². The van der Waals surface area contributed by atoms with Gasteiger partial charge in [0.15, 0.2) is 0 Å². The van der Waals surface area contributed by atoms with Crippen LogP contribution in [0.15, 0.2) is 36.5 Å². The van der Waals surface area contributed by atoms with Gasteiger partial charge in [-0.2, -0.15) is 5.10 Å². The number of pyridine rings is 1. The first kappa shape index (κ1) is 18.0. The molecule has 1 N–H and O–H groups in total. The zero-order valence-corrected chi connectivity index (χ0v) is 15.7. The molecule has 3 rings (SSSR count). The van der Waals surface area contributed by atoms with Crippen LogP contribution >= 0.6 is 11.6 Å². The molecule has 2 heterocycles. The summed E-state index contributed by atoms with van der Waals surface area (Å²) in [6, 6.07) is 8.76. The monoisotopic (exact) mass is 374 g/mol. The highest BCUT2D eigenvalue weighted by Crippen LogP contribution is 2.28. The van der Waals surface area contributed by atoms with Crippen molar-refractivity contribution in [3.05, 3.63) is 41.7 Å². The van der Waals surface area contributed by atoms with Crippen molar-refractivity contribution in [2.75, 3.05) is 5.32 Å². The van der Waals surface area contributed by atoms with E-state index in [1.54, 1.807) is 43.8 Å². The maximum atomic E-state index is 11.9. The van der Waals surface area contributed by atoms with Gasteiger partial charge in [0.05, 0.1) is 11.7 Å². The van der Waals surface area contributed by atoms with Crippen LogP contribution in [0.3, 0.4) is 0 Å². The van der Waals surface area contributed by atoms with Crippen molar-refractivity contribution < 1.29 is 14.3 Å². The lowest BCUT2D eigenvalue weighted by Crippen LogP contribution is -2.27. The van der Waals surface area contributed by atoms with Crippen LogP contribution in [-0.4, -0.2) is 26.5 Å². The lowest BCUT2D eigenvalue weighted by Gasteiger charge is -2.19. The van der Waals surface area contributed by atoms with Crippen molar-refractivity contribution >= 4 is 34.4 Å². The second-order valence-corrected chi connectivity index (χ2v) is 7.12. The fraction of sp³-hybridized carbons (Fsp3) is 0.278. The Morgan fingerprint density at radius 3 is 2.69 bits per heavy atom. The van der Waals surface area contributed by atoms with Gasteiger partial charge in [0.2, 0.25) is 0 Å². The first-order chi connectivity index (χ1) is 12.2. The molecule has 0 radical (unpaired) electrons. The zero-order valence-electron chi connectivity index (χ0n) is 14.9. The molecule has 8 heteroatoms. The van der Waals surface area contributed by atoms with Crippen LogP contribution in [0.2, 0.25) is 5.15 Å². The fourth-order valence-corrected chi connectivity index (χ4v) is 2.53. The van der Waals surface area contributed by atoms with Crippen LogP contribution in [-0.2, 0) is 11.8 Å². The van der Waals surface area contributed by atoms with Crippen molar-refractivity contribution in [2.24, 2.45) is 7.05 Å². The summed E-state index contributed by atoms with van der Waals surface area (Å²) in [6.45, 7) is 5.34. The Labute approximate surface area is 155 Å². The summed E-state index contributed by atoms with van der Waals surface area (Å²) in [7, 11) is 1.86. The first-order valence-electron chi connectivity index (χ1n) is 7.97. The molecule has 3 aromatic rings. The molecule has 2 aromatic heterocycles. The number of aromatic nitrogens is 3. The summed E-state index contributed by atoms with van der Waals surface area (Å²) in [4.78, 5) is 16.0. The number of benzene rings is 1. The number of halogens is 1. The lowest BCUT2D eigenvalue weighted by atomic mass is 10.2. The second kappa shape index (κ2) is 6.84. The quantitative estimate of drug-likeness (QED) is 0.668. The van der Waals surface area contributed by atoms with Gasteiger partial charge in [-0.1, -0.05) is 11.6 Å². The number of nitrogens with one attached hydrogen (secondary N) is 1. The Morgan fingerprint density at radius 2 is 1.96 bits per heavy atom.